The smallest absolute Gasteiger partial charge is 0.0714 e. The molecule has 0 aliphatic heterocycles. The Morgan fingerprint density at radius 1 is 0.243 bits per heavy atom. The first-order valence-electron chi connectivity index (χ1n) is 24.2. The van der Waals surface area contributed by atoms with E-state index in [1.165, 1.54) is 93.9 Å². The average molecular weight is 890 g/mol. The molecule has 0 atom stereocenters. The van der Waals surface area contributed by atoms with Crippen LogP contribution in [0.3, 0.4) is 0 Å². The highest BCUT2D eigenvalue weighted by atomic mass is 15.1. The molecule has 0 radical (unpaired) electrons. The van der Waals surface area contributed by atoms with Crippen LogP contribution in [-0.4, -0.2) is 0 Å². The molecule has 0 N–H and O–H groups in total. The lowest BCUT2D eigenvalue weighted by Gasteiger charge is -2.35. The Balaban J connectivity index is 1.09. The van der Waals surface area contributed by atoms with Crippen molar-refractivity contribution in [1.82, 2.24) is 0 Å². The van der Waals surface area contributed by atoms with E-state index in [4.69, 9.17) is 0 Å². The Labute approximate surface area is 409 Å². The molecule has 12 aromatic rings. The fourth-order valence-electron chi connectivity index (χ4n) is 11.4. The Kier molecular flexibility index (Phi) is 10.1. The second-order valence-corrected chi connectivity index (χ2v) is 18.4. The van der Waals surface area contributed by atoms with Crippen LogP contribution in [0.2, 0.25) is 0 Å². The van der Waals surface area contributed by atoms with E-state index in [1.54, 1.807) is 0 Å². The van der Waals surface area contributed by atoms with E-state index in [9.17, 15) is 0 Å². The standard InChI is InChI=1S/C69H47N/c1-6-22-48(23-7-1)52-44-53(49-24-8-2-9-25-49)46-54(45-52)50-38-40-57(41-39-50)70(68-64-36-19-17-33-60(64)59-32-16-18-35-63(59)67(68)51-26-10-3-11-27-51)58-42-43-62-61-34-20-21-37-65(61)69(66(62)47-58,55-28-12-4-13-29-55)56-30-14-5-15-31-56/h1-47H. The van der Waals surface area contributed by atoms with Crippen molar-refractivity contribution in [2.75, 3.05) is 4.90 Å². The first-order chi connectivity index (χ1) is 34.7. The monoisotopic (exact) mass is 889 g/mol. The molecule has 70 heavy (non-hydrogen) atoms. The van der Waals surface area contributed by atoms with Gasteiger partial charge in [-0.25, -0.2) is 0 Å². The van der Waals surface area contributed by atoms with Crippen molar-refractivity contribution in [3.63, 3.8) is 0 Å². The Morgan fingerprint density at radius 2 is 0.643 bits per heavy atom. The van der Waals surface area contributed by atoms with Crippen LogP contribution in [0, 0.1) is 0 Å². The van der Waals surface area contributed by atoms with Gasteiger partial charge in [-0.2, -0.15) is 0 Å². The average Bonchev–Trinajstić information content (AvgIpc) is 3.74. The van der Waals surface area contributed by atoms with Gasteiger partial charge in [0.05, 0.1) is 11.1 Å². The summed E-state index contributed by atoms with van der Waals surface area (Å²) in [6.07, 6.45) is 0. The third kappa shape index (κ3) is 6.78. The maximum Gasteiger partial charge on any atom is 0.0714 e. The van der Waals surface area contributed by atoms with Gasteiger partial charge in [0.1, 0.15) is 0 Å². The van der Waals surface area contributed by atoms with Crippen LogP contribution in [0.4, 0.5) is 17.1 Å². The van der Waals surface area contributed by atoms with Crippen molar-refractivity contribution in [3.05, 3.63) is 307 Å². The van der Waals surface area contributed by atoms with Crippen LogP contribution >= 0.6 is 0 Å². The Morgan fingerprint density at radius 3 is 1.20 bits per heavy atom. The van der Waals surface area contributed by atoms with Gasteiger partial charge in [-0.05, 0) is 131 Å². The number of rotatable bonds is 9. The topological polar surface area (TPSA) is 3.24 Å². The summed E-state index contributed by atoms with van der Waals surface area (Å²) in [5.74, 6) is 0. The Bertz CT molecular complexity index is 3750. The van der Waals surface area contributed by atoms with Crippen LogP contribution in [0.1, 0.15) is 22.3 Å². The third-order valence-corrected chi connectivity index (χ3v) is 14.5. The van der Waals surface area contributed by atoms with E-state index < -0.39 is 5.41 Å². The summed E-state index contributed by atoms with van der Waals surface area (Å²) in [7, 11) is 0. The molecule has 0 bridgehead atoms. The van der Waals surface area contributed by atoms with Gasteiger partial charge in [0.2, 0.25) is 0 Å². The van der Waals surface area contributed by atoms with E-state index in [1.807, 2.05) is 0 Å². The number of anilines is 3. The molecule has 0 aromatic heterocycles. The number of hydrogen-bond donors (Lipinski definition) is 0. The molecule has 0 saturated carbocycles. The highest BCUT2D eigenvalue weighted by Crippen LogP contribution is 2.58. The van der Waals surface area contributed by atoms with Crippen molar-refractivity contribution in [1.29, 1.82) is 0 Å². The molecule has 0 fully saturated rings. The van der Waals surface area contributed by atoms with E-state index in [2.05, 4.69) is 290 Å². The zero-order valence-corrected chi connectivity index (χ0v) is 38.6. The number of nitrogens with zero attached hydrogens (tertiary/aromatic N) is 1. The van der Waals surface area contributed by atoms with Crippen LogP contribution in [0.25, 0.3) is 77.2 Å². The van der Waals surface area contributed by atoms with Crippen LogP contribution in [0.15, 0.2) is 285 Å². The minimum Gasteiger partial charge on any atom is -0.309 e. The van der Waals surface area contributed by atoms with Crippen molar-refractivity contribution in [2.45, 2.75) is 5.41 Å². The van der Waals surface area contributed by atoms with Gasteiger partial charge < -0.3 is 4.90 Å². The van der Waals surface area contributed by atoms with E-state index in [0.29, 0.717) is 0 Å². The molecular weight excluding hydrogens is 843 g/mol. The molecule has 1 aliphatic carbocycles. The molecular formula is C69H47N. The molecule has 0 heterocycles. The molecule has 0 amide bonds. The summed E-state index contributed by atoms with van der Waals surface area (Å²) in [6, 6.07) is 105. The van der Waals surface area contributed by atoms with Crippen LogP contribution in [-0.2, 0) is 5.41 Å². The highest BCUT2D eigenvalue weighted by molar-refractivity contribution is 6.22. The van der Waals surface area contributed by atoms with Gasteiger partial charge in [-0.1, -0.05) is 243 Å². The quantitative estimate of drug-likeness (QED) is 0.131. The van der Waals surface area contributed by atoms with E-state index in [-0.39, 0.29) is 0 Å². The molecule has 328 valence electrons. The first-order valence-corrected chi connectivity index (χ1v) is 24.2. The van der Waals surface area contributed by atoms with Crippen LogP contribution < -0.4 is 4.90 Å². The number of benzene rings is 12. The third-order valence-electron chi connectivity index (χ3n) is 14.5. The zero-order chi connectivity index (χ0) is 46.4. The highest BCUT2D eigenvalue weighted by Gasteiger charge is 2.46. The van der Waals surface area contributed by atoms with Gasteiger partial charge >= 0.3 is 0 Å². The maximum absolute atomic E-state index is 2.54. The summed E-state index contributed by atoms with van der Waals surface area (Å²) in [5, 5.41) is 4.86. The fraction of sp³-hybridized carbons (Fsp3) is 0.0145. The summed E-state index contributed by atoms with van der Waals surface area (Å²) in [6.45, 7) is 0. The summed E-state index contributed by atoms with van der Waals surface area (Å²) in [4.78, 5) is 2.54. The lowest BCUT2D eigenvalue weighted by Crippen LogP contribution is -2.28. The van der Waals surface area contributed by atoms with Gasteiger partial charge in [0.25, 0.3) is 0 Å². The molecule has 0 unspecified atom stereocenters. The SMILES string of the molecule is c1ccc(-c2cc(-c3ccccc3)cc(-c3ccc(N(c4ccc5c(c4)C(c4ccccc4)(c4ccccc4)c4ccccc4-5)c4c(-c5ccccc5)c5ccccc5c5ccccc45)cc3)c2)cc1. The van der Waals surface area contributed by atoms with Gasteiger partial charge in [-0.3, -0.25) is 0 Å². The molecule has 0 saturated heterocycles. The van der Waals surface area contributed by atoms with E-state index >= 15 is 0 Å². The molecule has 1 aliphatic rings. The molecule has 1 nitrogen and oxygen atoms in total. The molecule has 0 spiro atoms. The lowest BCUT2D eigenvalue weighted by molar-refractivity contribution is 0.768. The minimum atomic E-state index is -0.562. The lowest BCUT2D eigenvalue weighted by atomic mass is 9.67. The first kappa shape index (κ1) is 41.2. The fourth-order valence-corrected chi connectivity index (χ4v) is 11.4. The van der Waals surface area contributed by atoms with Crippen molar-refractivity contribution in [2.24, 2.45) is 0 Å². The summed E-state index contributed by atoms with van der Waals surface area (Å²) >= 11 is 0. The minimum absolute atomic E-state index is 0.562. The second kappa shape index (κ2) is 17.2. The maximum atomic E-state index is 2.54. The van der Waals surface area contributed by atoms with E-state index in [0.717, 1.165) is 22.6 Å². The second-order valence-electron chi connectivity index (χ2n) is 18.4. The Hall–Kier alpha value is -9.04. The number of fused-ring (bicyclic) bond motifs is 6. The van der Waals surface area contributed by atoms with Crippen LogP contribution in [0.5, 0.6) is 0 Å². The van der Waals surface area contributed by atoms with Crippen molar-refractivity contribution >= 4 is 38.6 Å². The number of hydrogen-bond acceptors (Lipinski definition) is 1. The van der Waals surface area contributed by atoms with Gasteiger partial charge in [-0.15, -0.1) is 0 Å². The van der Waals surface area contributed by atoms with Crippen molar-refractivity contribution < 1.29 is 0 Å². The molecule has 13 rings (SSSR count). The largest absolute Gasteiger partial charge is 0.309 e. The van der Waals surface area contributed by atoms with Gasteiger partial charge in [0, 0.05) is 22.3 Å². The molecule has 1 heteroatoms. The summed E-state index contributed by atoms with van der Waals surface area (Å²) < 4.78 is 0. The predicted molar refractivity (Wildman–Crippen MR) is 295 cm³/mol. The molecule has 12 aromatic carbocycles. The van der Waals surface area contributed by atoms with Crippen molar-refractivity contribution in [3.8, 4) is 55.6 Å². The zero-order valence-electron chi connectivity index (χ0n) is 38.6. The normalized spacial score (nSPS) is 12.4. The van der Waals surface area contributed by atoms with Gasteiger partial charge in [0.15, 0.2) is 0 Å². The summed E-state index contributed by atoms with van der Waals surface area (Å²) in [5.41, 5.74) is 19.8. The predicted octanol–water partition coefficient (Wildman–Crippen LogP) is 18.5.